The Kier molecular flexibility index (Phi) is 8.22. The number of ether oxygens (including phenoxy) is 1. The Morgan fingerprint density at radius 1 is 1.00 bits per heavy atom. The van der Waals surface area contributed by atoms with Crippen molar-refractivity contribution in [2.75, 3.05) is 6.61 Å². The number of aliphatic hydroxyl groups excluding tert-OH is 3. The molecule has 38 heavy (non-hydrogen) atoms. The topological polar surface area (TPSA) is 124 Å². The van der Waals surface area contributed by atoms with Gasteiger partial charge in [0.05, 0.1) is 30.8 Å². The molecule has 0 aromatic heterocycles. The van der Waals surface area contributed by atoms with E-state index in [2.05, 4.69) is 34.6 Å². The first-order chi connectivity index (χ1) is 17.6. The Morgan fingerprint density at radius 3 is 2.24 bits per heavy atom. The van der Waals surface area contributed by atoms with Crippen LogP contribution in [-0.4, -0.2) is 62.7 Å². The maximum Gasteiger partial charge on any atom is 0.309 e. The van der Waals surface area contributed by atoms with Crippen LogP contribution >= 0.6 is 0 Å². The van der Waals surface area contributed by atoms with E-state index in [0.29, 0.717) is 12.5 Å². The van der Waals surface area contributed by atoms with Crippen molar-refractivity contribution < 1.29 is 34.8 Å². The average molecular weight is 537 g/mol. The molecule has 7 nitrogen and oxygen atoms in total. The highest BCUT2D eigenvalue weighted by Crippen LogP contribution is 2.66. The minimum Gasteiger partial charge on any atom is -0.465 e. The van der Waals surface area contributed by atoms with Crippen LogP contribution in [0.4, 0.5) is 0 Å². The lowest BCUT2D eigenvalue weighted by Crippen LogP contribution is -2.62. The molecule has 3 aliphatic carbocycles. The zero-order valence-electron chi connectivity index (χ0n) is 24.5. The minimum atomic E-state index is -1.90. The number of esters is 1. The zero-order valence-corrected chi connectivity index (χ0v) is 24.5. The normalized spacial score (nSPS) is 46.2. The second kappa shape index (κ2) is 10.4. The third kappa shape index (κ3) is 4.48. The summed E-state index contributed by atoms with van der Waals surface area (Å²) in [6.07, 6.45) is 1.23. The van der Waals surface area contributed by atoms with Crippen molar-refractivity contribution in [3.63, 3.8) is 0 Å². The summed E-state index contributed by atoms with van der Waals surface area (Å²) >= 11 is 0. The molecule has 13 atom stereocenters. The van der Waals surface area contributed by atoms with Gasteiger partial charge in [0.1, 0.15) is 5.60 Å². The third-order valence-electron chi connectivity index (χ3n) is 12.5. The molecule has 0 aromatic carbocycles. The van der Waals surface area contributed by atoms with Crippen molar-refractivity contribution in [1.82, 2.24) is 0 Å². The highest BCUT2D eigenvalue weighted by Gasteiger charge is 2.65. The van der Waals surface area contributed by atoms with Crippen LogP contribution in [0.15, 0.2) is 0 Å². The van der Waals surface area contributed by atoms with E-state index < -0.39 is 41.0 Å². The Balaban J connectivity index is 1.60. The Labute approximate surface area is 228 Å². The number of ketones is 1. The Morgan fingerprint density at radius 2 is 1.63 bits per heavy atom. The van der Waals surface area contributed by atoms with Gasteiger partial charge in [0, 0.05) is 6.42 Å². The van der Waals surface area contributed by atoms with Gasteiger partial charge in [-0.05, 0) is 90.8 Å². The molecule has 1 aliphatic heterocycles. The number of hydrogen-bond donors (Lipinski definition) is 4. The van der Waals surface area contributed by atoms with Gasteiger partial charge < -0.3 is 25.2 Å². The molecule has 1 saturated heterocycles. The van der Waals surface area contributed by atoms with E-state index in [-0.39, 0.29) is 66.2 Å². The molecule has 0 amide bonds. The molecule has 218 valence electrons. The maximum absolute atomic E-state index is 13.3. The van der Waals surface area contributed by atoms with E-state index >= 15 is 0 Å². The first kappa shape index (κ1) is 30.0. The van der Waals surface area contributed by atoms with Crippen LogP contribution in [0.1, 0.15) is 93.4 Å². The van der Waals surface area contributed by atoms with E-state index in [0.717, 1.165) is 25.7 Å². The fraction of sp³-hybridized carbons (Fsp3) is 0.935. The molecule has 3 saturated carbocycles. The molecule has 0 unspecified atom stereocenters. The predicted octanol–water partition coefficient (Wildman–Crippen LogP) is 3.74. The first-order valence-corrected chi connectivity index (χ1v) is 15.1. The lowest BCUT2D eigenvalue weighted by atomic mass is 9.47. The number of Topliss-reactive ketones (excluding diaryl/α,β-unsaturated/α-hetero) is 1. The van der Waals surface area contributed by atoms with Crippen molar-refractivity contribution >= 4 is 11.8 Å². The predicted molar refractivity (Wildman–Crippen MR) is 144 cm³/mol. The third-order valence-corrected chi connectivity index (χ3v) is 12.5. The molecule has 4 fully saturated rings. The Bertz CT molecular complexity index is 905. The van der Waals surface area contributed by atoms with Crippen molar-refractivity contribution in [3.8, 4) is 0 Å². The quantitative estimate of drug-likeness (QED) is 0.365. The van der Waals surface area contributed by atoms with Crippen LogP contribution in [0, 0.1) is 58.2 Å². The number of hydrogen-bond acceptors (Lipinski definition) is 7. The van der Waals surface area contributed by atoms with Crippen LogP contribution in [0.5, 0.6) is 0 Å². The van der Waals surface area contributed by atoms with Crippen LogP contribution in [-0.2, 0) is 14.3 Å². The molecule has 4 rings (SSSR count). The second-order valence-corrected chi connectivity index (χ2v) is 14.4. The van der Waals surface area contributed by atoms with Gasteiger partial charge in [-0.2, -0.15) is 0 Å². The summed E-state index contributed by atoms with van der Waals surface area (Å²) in [5.41, 5.74) is -2.51. The van der Waals surface area contributed by atoms with E-state index in [1.165, 1.54) is 0 Å². The number of fused-ring (bicyclic) bond motifs is 5. The SMILES string of the molecule is CCC(=O)[C@]1(O)C[C@@H]2C(=O)OC[C@@H]3[C@H](CC[C@]4(C)[C@@H]([C@H](C)[C@@H](O)[C@H](O)[C@@H](C)C(C)C)CC[C@@H]34)[C@@]2(C)C[C@H]1O. The van der Waals surface area contributed by atoms with Crippen LogP contribution in [0.25, 0.3) is 0 Å². The number of rotatable bonds is 7. The van der Waals surface area contributed by atoms with Gasteiger partial charge in [-0.25, -0.2) is 0 Å². The molecule has 4 N–H and O–H groups in total. The number of carbonyl (C=O) groups excluding carboxylic acids is 2. The summed E-state index contributed by atoms with van der Waals surface area (Å²) in [5, 5.41) is 44.4. The average Bonchev–Trinajstić information content (AvgIpc) is 3.19. The highest BCUT2D eigenvalue weighted by atomic mass is 16.5. The van der Waals surface area contributed by atoms with E-state index in [9.17, 15) is 30.0 Å². The van der Waals surface area contributed by atoms with Crippen molar-refractivity contribution in [1.29, 1.82) is 0 Å². The Hall–Kier alpha value is -1.02. The van der Waals surface area contributed by atoms with Gasteiger partial charge in [0.25, 0.3) is 0 Å². The monoisotopic (exact) mass is 536 g/mol. The standard InChI is InChI=1S/C31H52O7/c1-8-24(32)31(37)13-23-28(36)38-15-19-21-10-9-20(18(5)27(35)26(34)17(4)16(2)3)29(21,6)12-11-22(19)30(23,7)14-25(31)33/h16-23,25-27,33-35,37H,8-15H2,1-7H3/t17-,18-,19-,20+,21-,22-,23+,25+,26+,27+,29+,30+,31+/m0/s1. The maximum atomic E-state index is 13.3. The van der Waals surface area contributed by atoms with Crippen molar-refractivity contribution in [3.05, 3.63) is 0 Å². The highest BCUT2D eigenvalue weighted by molar-refractivity contribution is 5.89. The summed E-state index contributed by atoms with van der Waals surface area (Å²) in [7, 11) is 0. The summed E-state index contributed by atoms with van der Waals surface area (Å²) in [4.78, 5) is 26.0. The summed E-state index contributed by atoms with van der Waals surface area (Å²) in [6.45, 7) is 14.6. The van der Waals surface area contributed by atoms with E-state index in [1.807, 2.05) is 6.92 Å². The van der Waals surface area contributed by atoms with Crippen molar-refractivity contribution in [2.45, 2.75) is 117 Å². The van der Waals surface area contributed by atoms with Crippen LogP contribution in [0.2, 0.25) is 0 Å². The van der Waals surface area contributed by atoms with Gasteiger partial charge in [0.15, 0.2) is 5.78 Å². The zero-order chi connectivity index (χ0) is 28.4. The second-order valence-electron chi connectivity index (χ2n) is 14.4. The lowest BCUT2D eigenvalue weighted by molar-refractivity contribution is -0.189. The molecule has 1 heterocycles. The summed E-state index contributed by atoms with van der Waals surface area (Å²) in [6, 6.07) is 0. The fourth-order valence-corrected chi connectivity index (χ4v) is 9.55. The van der Waals surface area contributed by atoms with Gasteiger partial charge in [-0.1, -0.05) is 48.5 Å². The molecule has 7 heteroatoms. The van der Waals surface area contributed by atoms with Gasteiger partial charge in [-0.3, -0.25) is 9.59 Å². The molecule has 0 spiro atoms. The van der Waals surface area contributed by atoms with Gasteiger partial charge in [0.2, 0.25) is 0 Å². The first-order valence-electron chi connectivity index (χ1n) is 15.1. The number of aliphatic hydroxyl groups is 4. The number of cyclic esters (lactones) is 1. The summed E-state index contributed by atoms with van der Waals surface area (Å²) < 4.78 is 5.91. The van der Waals surface area contributed by atoms with Crippen LogP contribution < -0.4 is 0 Å². The van der Waals surface area contributed by atoms with Gasteiger partial charge in [-0.15, -0.1) is 0 Å². The largest absolute Gasteiger partial charge is 0.465 e. The lowest BCUT2D eigenvalue weighted by Gasteiger charge is -2.57. The number of carbonyl (C=O) groups is 2. The minimum absolute atomic E-state index is 0.00214. The molecule has 0 aromatic rings. The van der Waals surface area contributed by atoms with Crippen molar-refractivity contribution in [2.24, 2.45) is 58.2 Å². The van der Waals surface area contributed by atoms with Gasteiger partial charge >= 0.3 is 5.97 Å². The smallest absolute Gasteiger partial charge is 0.309 e. The van der Waals surface area contributed by atoms with E-state index in [4.69, 9.17) is 4.74 Å². The molecule has 4 aliphatic rings. The molecule has 0 bridgehead atoms. The summed E-state index contributed by atoms with van der Waals surface area (Å²) in [5.74, 6) is -0.359. The van der Waals surface area contributed by atoms with E-state index in [1.54, 1.807) is 6.92 Å². The fourth-order valence-electron chi connectivity index (χ4n) is 9.55. The van der Waals surface area contributed by atoms with Crippen LogP contribution in [0.3, 0.4) is 0 Å². The molecular weight excluding hydrogens is 484 g/mol. The molecular formula is C31H52O7. The molecule has 0 radical (unpaired) electrons.